The fourth-order valence-corrected chi connectivity index (χ4v) is 3.55. The second kappa shape index (κ2) is 6.61. The highest BCUT2D eigenvalue weighted by atomic mass is 32.2. The smallest absolute Gasteiger partial charge is 0.240 e. The number of sulfonamides is 1. The molecule has 0 aliphatic carbocycles. The summed E-state index contributed by atoms with van der Waals surface area (Å²) in [7, 11) is -3.15. The Morgan fingerprint density at radius 1 is 1.50 bits per heavy atom. The molecule has 9 heteroatoms. The van der Waals surface area contributed by atoms with Crippen LogP contribution in [0.2, 0.25) is 0 Å². The maximum Gasteiger partial charge on any atom is 0.240 e. The number of aromatic nitrogens is 1. The van der Waals surface area contributed by atoms with Crippen LogP contribution in [0.3, 0.4) is 0 Å². The Morgan fingerprint density at radius 3 is 2.75 bits per heavy atom. The van der Waals surface area contributed by atoms with E-state index in [1.165, 1.54) is 17.6 Å². The van der Waals surface area contributed by atoms with Crippen LogP contribution in [0.15, 0.2) is 11.6 Å². The predicted molar refractivity (Wildman–Crippen MR) is 78.2 cm³/mol. The average Bonchev–Trinajstić information content (AvgIpc) is 2.82. The van der Waals surface area contributed by atoms with E-state index in [0.29, 0.717) is 24.8 Å². The Balaban J connectivity index is 1.73. The van der Waals surface area contributed by atoms with Gasteiger partial charge in [0.05, 0.1) is 12.8 Å². The van der Waals surface area contributed by atoms with Crippen molar-refractivity contribution in [2.45, 2.75) is 18.9 Å². The van der Waals surface area contributed by atoms with Gasteiger partial charge in [0.2, 0.25) is 15.9 Å². The minimum Gasteiger partial charge on any atom is -0.301 e. The molecule has 1 aliphatic heterocycles. The summed E-state index contributed by atoms with van der Waals surface area (Å²) < 4.78 is 24.9. The van der Waals surface area contributed by atoms with Crippen LogP contribution in [0.4, 0.5) is 5.13 Å². The van der Waals surface area contributed by atoms with Crippen LogP contribution in [0.25, 0.3) is 0 Å². The summed E-state index contributed by atoms with van der Waals surface area (Å²) >= 11 is 1.38. The number of nitrogens with zero attached hydrogens (tertiary/aromatic N) is 2. The molecule has 0 atom stereocenters. The highest BCUT2D eigenvalue weighted by Gasteiger charge is 2.22. The van der Waals surface area contributed by atoms with E-state index in [-0.39, 0.29) is 11.9 Å². The average molecular weight is 318 g/mol. The molecular formula is C11H18N4O3S2. The first-order chi connectivity index (χ1) is 9.42. The minimum absolute atomic E-state index is 0.0247. The molecule has 1 aromatic heterocycles. The SMILES string of the molecule is CS(=O)(=O)NC1CCN(CC(=O)Nc2nccs2)CC1. The molecule has 1 saturated heterocycles. The Kier molecular flexibility index (Phi) is 5.08. The molecule has 1 aliphatic rings. The summed E-state index contributed by atoms with van der Waals surface area (Å²) in [6.07, 6.45) is 4.25. The molecule has 2 N–H and O–H groups in total. The van der Waals surface area contributed by atoms with E-state index in [9.17, 15) is 13.2 Å². The molecule has 1 aromatic rings. The quantitative estimate of drug-likeness (QED) is 0.803. The molecule has 0 spiro atoms. The van der Waals surface area contributed by atoms with E-state index in [1.807, 2.05) is 4.90 Å². The van der Waals surface area contributed by atoms with E-state index in [1.54, 1.807) is 11.6 Å². The van der Waals surface area contributed by atoms with Crippen molar-refractivity contribution in [3.63, 3.8) is 0 Å². The number of piperidine rings is 1. The van der Waals surface area contributed by atoms with Gasteiger partial charge in [0, 0.05) is 30.7 Å². The van der Waals surface area contributed by atoms with Gasteiger partial charge in [-0.1, -0.05) is 0 Å². The maximum absolute atomic E-state index is 11.8. The van der Waals surface area contributed by atoms with Gasteiger partial charge in [-0.25, -0.2) is 18.1 Å². The number of carbonyl (C=O) groups excluding carboxylic acids is 1. The first kappa shape index (κ1) is 15.4. The third kappa shape index (κ3) is 5.16. The monoisotopic (exact) mass is 318 g/mol. The Morgan fingerprint density at radius 2 is 2.20 bits per heavy atom. The largest absolute Gasteiger partial charge is 0.301 e. The number of amides is 1. The number of rotatable bonds is 5. The number of anilines is 1. The molecule has 0 saturated carbocycles. The van der Waals surface area contributed by atoms with Crippen molar-refractivity contribution in [1.29, 1.82) is 0 Å². The number of likely N-dealkylation sites (tertiary alicyclic amines) is 1. The van der Waals surface area contributed by atoms with Gasteiger partial charge in [-0.05, 0) is 12.8 Å². The molecule has 2 rings (SSSR count). The summed E-state index contributed by atoms with van der Waals surface area (Å²) in [4.78, 5) is 17.8. The van der Waals surface area contributed by atoms with Gasteiger partial charge in [-0.2, -0.15) is 0 Å². The summed E-state index contributed by atoms with van der Waals surface area (Å²) in [6.45, 7) is 1.72. The van der Waals surface area contributed by atoms with Crippen molar-refractivity contribution >= 4 is 32.4 Å². The molecule has 7 nitrogen and oxygen atoms in total. The lowest BCUT2D eigenvalue weighted by molar-refractivity contribution is -0.117. The standard InChI is InChI=1S/C11H18N4O3S2/c1-20(17,18)14-9-2-5-15(6-3-9)8-10(16)13-11-12-4-7-19-11/h4,7,9,14H,2-3,5-6,8H2,1H3,(H,12,13,16). The van der Waals surface area contributed by atoms with Crippen molar-refractivity contribution in [2.75, 3.05) is 31.2 Å². The fraction of sp³-hybridized carbons (Fsp3) is 0.636. The van der Waals surface area contributed by atoms with Crippen molar-refractivity contribution in [3.8, 4) is 0 Å². The van der Waals surface area contributed by atoms with Crippen molar-refractivity contribution in [3.05, 3.63) is 11.6 Å². The van der Waals surface area contributed by atoms with Crippen molar-refractivity contribution < 1.29 is 13.2 Å². The lowest BCUT2D eigenvalue weighted by Gasteiger charge is -2.31. The predicted octanol–water partition coefficient (Wildman–Crippen LogP) is 0.0952. The highest BCUT2D eigenvalue weighted by molar-refractivity contribution is 7.88. The first-order valence-corrected chi connectivity index (χ1v) is 9.08. The Bertz CT molecular complexity index is 536. The third-order valence-corrected chi connectivity index (χ3v) is 4.46. The lowest BCUT2D eigenvalue weighted by Crippen LogP contribution is -2.46. The van der Waals surface area contributed by atoms with E-state index in [2.05, 4.69) is 15.0 Å². The van der Waals surface area contributed by atoms with Crippen LogP contribution in [0.1, 0.15) is 12.8 Å². The van der Waals surface area contributed by atoms with E-state index in [4.69, 9.17) is 0 Å². The molecule has 112 valence electrons. The molecule has 2 heterocycles. The van der Waals surface area contributed by atoms with Gasteiger partial charge >= 0.3 is 0 Å². The van der Waals surface area contributed by atoms with Gasteiger partial charge in [-0.3, -0.25) is 9.69 Å². The van der Waals surface area contributed by atoms with E-state index in [0.717, 1.165) is 12.8 Å². The molecule has 0 unspecified atom stereocenters. The zero-order chi connectivity index (χ0) is 14.6. The fourth-order valence-electron chi connectivity index (χ4n) is 2.16. The Labute approximate surface area is 122 Å². The first-order valence-electron chi connectivity index (χ1n) is 6.31. The second-order valence-corrected chi connectivity index (χ2v) is 7.50. The molecule has 0 bridgehead atoms. The number of carbonyl (C=O) groups is 1. The Hall–Kier alpha value is -1.03. The van der Waals surface area contributed by atoms with Crippen LogP contribution in [0, 0.1) is 0 Å². The van der Waals surface area contributed by atoms with Crippen LogP contribution >= 0.6 is 11.3 Å². The number of hydrogen-bond acceptors (Lipinski definition) is 6. The number of hydrogen-bond donors (Lipinski definition) is 2. The minimum atomic E-state index is -3.15. The van der Waals surface area contributed by atoms with Crippen LogP contribution in [-0.4, -0.2) is 56.1 Å². The molecule has 1 amide bonds. The molecule has 1 fully saturated rings. The van der Waals surface area contributed by atoms with Crippen LogP contribution in [0.5, 0.6) is 0 Å². The highest BCUT2D eigenvalue weighted by Crippen LogP contribution is 2.13. The van der Waals surface area contributed by atoms with Gasteiger partial charge < -0.3 is 5.32 Å². The van der Waals surface area contributed by atoms with Crippen LogP contribution < -0.4 is 10.0 Å². The van der Waals surface area contributed by atoms with Crippen molar-refractivity contribution in [1.82, 2.24) is 14.6 Å². The third-order valence-electron chi connectivity index (χ3n) is 3.01. The molecular weight excluding hydrogens is 300 g/mol. The summed E-state index contributed by atoms with van der Waals surface area (Å²) in [6, 6.07) is -0.0247. The second-order valence-electron chi connectivity index (χ2n) is 4.83. The van der Waals surface area contributed by atoms with Gasteiger partial charge in [0.15, 0.2) is 5.13 Å². The summed E-state index contributed by atoms with van der Waals surface area (Å²) in [5.74, 6) is -0.0885. The summed E-state index contributed by atoms with van der Waals surface area (Å²) in [5.41, 5.74) is 0. The maximum atomic E-state index is 11.8. The van der Waals surface area contributed by atoms with Gasteiger partial charge in [0.1, 0.15) is 0 Å². The molecule has 0 radical (unpaired) electrons. The van der Waals surface area contributed by atoms with Crippen LogP contribution in [-0.2, 0) is 14.8 Å². The lowest BCUT2D eigenvalue weighted by atomic mass is 10.1. The zero-order valence-electron chi connectivity index (χ0n) is 11.2. The van der Waals surface area contributed by atoms with E-state index < -0.39 is 10.0 Å². The van der Waals surface area contributed by atoms with Crippen molar-refractivity contribution in [2.24, 2.45) is 0 Å². The number of thiazole rings is 1. The topological polar surface area (TPSA) is 91.4 Å². The zero-order valence-corrected chi connectivity index (χ0v) is 12.8. The number of nitrogens with one attached hydrogen (secondary N) is 2. The van der Waals surface area contributed by atoms with Gasteiger partial charge in [-0.15, -0.1) is 11.3 Å². The molecule has 0 aromatic carbocycles. The van der Waals surface area contributed by atoms with E-state index >= 15 is 0 Å². The molecule has 20 heavy (non-hydrogen) atoms. The van der Waals surface area contributed by atoms with Gasteiger partial charge in [0.25, 0.3) is 0 Å². The normalized spacial score (nSPS) is 18.1. The summed E-state index contributed by atoms with van der Waals surface area (Å²) in [5, 5.41) is 5.14.